The van der Waals surface area contributed by atoms with Gasteiger partial charge in [0.05, 0.1) is 13.4 Å². The Labute approximate surface area is 184 Å². The summed E-state index contributed by atoms with van der Waals surface area (Å²) in [5.41, 5.74) is 0.573. The number of aryl methyl sites for hydroxylation is 1. The number of carbonyl (C=O) groups is 2. The molecule has 0 unspecified atom stereocenters. The van der Waals surface area contributed by atoms with E-state index in [9.17, 15) is 19.1 Å². The number of carbonyl (C=O) groups excluding carboxylic acids is 1. The lowest BCUT2D eigenvalue weighted by Crippen LogP contribution is -2.35. The van der Waals surface area contributed by atoms with Gasteiger partial charge in [-0.05, 0) is 36.2 Å². The van der Waals surface area contributed by atoms with Crippen molar-refractivity contribution in [1.82, 2.24) is 14.5 Å². The number of benzene rings is 2. The Morgan fingerprint density at radius 1 is 1.22 bits per heavy atom. The Balaban J connectivity index is 1.70. The quantitative estimate of drug-likeness (QED) is 0.491. The van der Waals surface area contributed by atoms with Crippen LogP contribution in [0, 0.1) is 5.82 Å². The van der Waals surface area contributed by atoms with E-state index in [2.05, 4.69) is 4.98 Å². The molecule has 168 valence electrons. The van der Waals surface area contributed by atoms with E-state index in [1.54, 1.807) is 29.6 Å². The van der Waals surface area contributed by atoms with E-state index in [0.717, 1.165) is 0 Å². The molecular weight excluding hydrogens is 417 g/mol. The number of carboxylic acid groups (broad SMARTS) is 1. The smallest absolute Gasteiger partial charge is 0.339 e. The molecule has 0 fully saturated rings. The van der Waals surface area contributed by atoms with Gasteiger partial charge in [0.15, 0.2) is 6.61 Å². The molecule has 32 heavy (non-hydrogen) atoms. The first kappa shape index (κ1) is 22.8. The highest BCUT2D eigenvalue weighted by Crippen LogP contribution is 2.25. The van der Waals surface area contributed by atoms with Crippen LogP contribution in [0.5, 0.6) is 11.5 Å². The fraction of sp³-hybridized carbons (Fsp3) is 0.261. The maximum absolute atomic E-state index is 13.6. The van der Waals surface area contributed by atoms with Gasteiger partial charge in [-0.3, -0.25) is 4.79 Å². The van der Waals surface area contributed by atoms with Gasteiger partial charge >= 0.3 is 5.97 Å². The first-order valence-corrected chi connectivity index (χ1v) is 9.98. The first-order chi connectivity index (χ1) is 15.5. The zero-order valence-corrected chi connectivity index (χ0v) is 17.6. The minimum absolute atomic E-state index is 0.0364. The summed E-state index contributed by atoms with van der Waals surface area (Å²) in [5.74, 6) is -1.46. The van der Waals surface area contributed by atoms with Crippen LogP contribution >= 0.6 is 0 Å². The highest BCUT2D eigenvalue weighted by Gasteiger charge is 2.18. The molecule has 0 atom stereocenters. The van der Waals surface area contributed by atoms with E-state index in [1.807, 2.05) is 10.8 Å². The second-order valence-electron chi connectivity index (χ2n) is 7.06. The number of nitrogens with zero attached hydrogens (tertiary/aromatic N) is 3. The number of amides is 1. The second kappa shape index (κ2) is 10.9. The van der Waals surface area contributed by atoms with Crippen molar-refractivity contribution < 1.29 is 28.6 Å². The topological polar surface area (TPSA) is 93.9 Å². The summed E-state index contributed by atoms with van der Waals surface area (Å²) in [6.07, 6.45) is 5.85. The standard InChI is InChI=1S/C23H24FN3O5/c1-31-19-6-7-20(23(29)30)21(13-19)32-15-22(28)27(10-3-9-26-11-8-25-16-26)14-17-4-2-5-18(24)12-17/h2,4-8,11-13,16H,3,9-10,14-15H2,1H3,(H,29,30). The lowest BCUT2D eigenvalue weighted by Gasteiger charge is -2.23. The van der Waals surface area contributed by atoms with Gasteiger partial charge in [0, 0.05) is 38.1 Å². The van der Waals surface area contributed by atoms with Crippen LogP contribution in [0.2, 0.25) is 0 Å². The molecule has 0 aliphatic carbocycles. The Bertz CT molecular complexity index is 1060. The maximum atomic E-state index is 13.6. The van der Waals surface area contributed by atoms with Gasteiger partial charge in [0.2, 0.25) is 0 Å². The van der Waals surface area contributed by atoms with Crippen molar-refractivity contribution >= 4 is 11.9 Å². The lowest BCUT2D eigenvalue weighted by atomic mass is 10.2. The average molecular weight is 441 g/mol. The van der Waals surface area contributed by atoms with Gasteiger partial charge in [-0.1, -0.05) is 12.1 Å². The summed E-state index contributed by atoms with van der Waals surface area (Å²) in [4.78, 5) is 30.0. The number of imidazole rings is 1. The van der Waals surface area contributed by atoms with E-state index < -0.39 is 5.97 Å². The number of rotatable bonds is 11. The van der Waals surface area contributed by atoms with Crippen LogP contribution in [-0.4, -0.2) is 51.7 Å². The fourth-order valence-corrected chi connectivity index (χ4v) is 3.17. The molecule has 0 spiro atoms. The number of halogens is 1. The predicted octanol–water partition coefficient (Wildman–Crippen LogP) is 3.23. The molecule has 1 aromatic heterocycles. The molecule has 3 aromatic rings. The van der Waals surface area contributed by atoms with Gasteiger partial charge in [-0.2, -0.15) is 0 Å². The SMILES string of the molecule is COc1ccc(C(=O)O)c(OCC(=O)N(CCCn2ccnc2)Cc2cccc(F)c2)c1. The molecule has 0 bridgehead atoms. The third-order valence-electron chi connectivity index (χ3n) is 4.79. The number of hydrogen-bond acceptors (Lipinski definition) is 5. The molecule has 2 aromatic carbocycles. The second-order valence-corrected chi connectivity index (χ2v) is 7.06. The summed E-state index contributed by atoms with van der Waals surface area (Å²) >= 11 is 0. The van der Waals surface area contributed by atoms with Crippen molar-refractivity contribution in [3.05, 3.63) is 78.1 Å². The Hall–Kier alpha value is -3.88. The number of methoxy groups -OCH3 is 1. The predicted molar refractivity (Wildman–Crippen MR) is 114 cm³/mol. The molecule has 0 radical (unpaired) electrons. The monoisotopic (exact) mass is 441 g/mol. The van der Waals surface area contributed by atoms with Crippen LogP contribution in [0.25, 0.3) is 0 Å². The number of hydrogen-bond donors (Lipinski definition) is 1. The average Bonchev–Trinajstić information content (AvgIpc) is 3.30. The van der Waals surface area contributed by atoms with Gasteiger partial charge in [-0.25, -0.2) is 14.2 Å². The molecule has 0 saturated heterocycles. The number of ether oxygens (including phenoxy) is 2. The third kappa shape index (κ3) is 6.31. The molecule has 0 saturated carbocycles. The largest absolute Gasteiger partial charge is 0.497 e. The highest BCUT2D eigenvalue weighted by atomic mass is 19.1. The lowest BCUT2D eigenvalue weighted by molar-refractivity contribution is -0.134. The van der Waals surface area contributed by atoms with Crippen LogP contribution in [0.1, 0.15) is 22.3 Å². The van der Waals surface area contributed by atoms with E-state index >= 15 is 0 Å². The molecule has 0 aliphatic rings. The van der Waals surface area contributed by atoms with Crippen LogP contribution in [-0.2, 0) is 17.9 Å². The van der Waals surface area contributed by atoms with Crippen molar-refractivity contribution in [2.45, 2.75) is 19.5 Å². The van der Waals surface area contributed by atoms with Crippen LogP contribution in [0.4, 0.5) is 4.39 Å². The molecule has 3 rings (SSSR count). The van der Waals surface area contributed by atoms with Crippen molar-refractivity contribution in [3.8, 4) is 11.5 Å². The van der Waals surface area contributed by atoms with E-state index in [1.165, 1.54) is 37.4 Å². The maximum Gasteiger partial charge on any atom is 0.339 e. The van der Waals surface area contributed by atoms with Crippen molar-refractivity contribution in [2.75, 3.05) is 20.3 Å². The third-order valence-corrected chi connectivity index (χ3v) is 4.79. The van der Waals surface area contributed by atoms with Crippen LogP contribution in [0.15, 0.2) is 61.2 Å². The molecule has 8 nitrogen and oxygen atoms in total. The highest BCUT2D eigenvalue weighted by molar-refractivity contribution is 5.91. The normalized spacial score (nSPS) is 10.6. The molecule has 1 amide bonds. The molecule has 1 heterocycles. The molecular formula is C23H24FN3O5. The fourth-order valence-electron chi connectivity index (χ4n) is 3.17. The van der Waals surface area contributed by atoms with Crippen molar-refractivity contribution in [1.29, 1.82) is 0 Å². The Morgan fingerprint density at radius 3 is 2.75 bits per heavy atom. The minimum atomic E-state index is -1.17. The summed E-state index contributed by atoms with van der Waals surface area (Å²) in [5, 5.41) is 9.37. The van der Waals surface area contributed by atoms with Crippen LogP contribution in [0.3, 0.4) is 0 Å². The van der Waals surface area contributed by atoms with E-state index in [4.69, 9.17) is 9.47 Å². The number of aromatic nitrogens is 2. The summed E-state index contributed by atoms with van der Waals surface area (Å²) in [7, 11) is 1.45. The summed E-state index contributed by atoms with van der Waals surface area (Å²) in [6.45, 7) is 0.898. The van der Waals surface area contributed by atoms with Gasteiger partial charge in [0.25, 0.3) is 5.91 Å². The number of aromatic carboxylic acids is 1. The summed E-state index contributed by atoms with van der Waals surface area (Å²) in [6, 6.07) is 10.3. The summed E-state index contributed by atoms with van der Waals surface area (Å²) < 4.78 is 26.2. The van der Waals surface area contributed by atoms with Crippen molar-refractivity contribution in [2.24, 2.45) is 0 Å². The minimum Gasteiger partial charge on any atom is -0.497 e. The Morgan fingerprint density at radius 2 is 2.06 bits per heavy atom. The van der Waals surface area contributed by atoms with Gasteiger partial charge < -0.3 is 24.0 Å². The Kier molecular flexibility index (Phi) is 7.80. The molecule has 9 heteroatoms. The van der Waals surface area contributed by atoms with Gasteiger partial charge in [0.1, 0.15) is 22.9 Å². The first-order valence-electron chi connectivity index (χ1n) is 9.98. The zero-order valence-electron chi connectivity index (χ0n) is 17.6. The van der Waals surface area contributed by atoms with E-state index in [-0.39, 0.29) is 36.2 Å². The van der Waals surface area contributed by atoms with Crippen molar-refractivity contribution in [3.63, 3.8) is 0 Å². The van der Waals surface area contributed by atoms with Gasteiger partial charge in [-0.15, -0.1) is 0 Å². The van der Waals surface area contributed by atoms with E-state index in [0.29, 0.717) is 30.8 Å². The zero-order chi connectivity index (χ0) is 22.9. The molecule has 0 aliphatic heterocycles. The molecule has 1 N–H and O–H groups in total. The number of carboxylic acids is 1. The van der Waals surface area contributed by atoms with Crippen LogP contribution < -0.4 is 9.47 Å².